The number of hydrogen-bond donors (Lipinski definition) is 2. The normalized spacial score (nSPS) is 11.2. The molecule has 0 heterocycles. The highest BCUT2D eigenvalue weighted by Gasteiger charge is 2.19. The largest absolute Gasteiger partial charge is 0.478 e. The molecular weight excluding hydrogens is 323 g/mol. The Labute approximate surface area is 123 Å². The van der Waals surface area contributed by atoms with Crippen LogP contribution in [0.5, 0.6) is 0 Å². The monoisotopic (exact) mass is 331 g/mol. The SMILES string of the molecule is O=C(O)c1cc(F)cc(S(=O)(=O)Nc2ccc(F)c(F)c2)c1. The minimum atomic E-state index is -4.36. The Morgan fingerprint density at radius 3 is 2.27 bits per heavy atom. The van der Waals surface area contributed by atoms with E-state index in [0.29, 0.717) is 24.3 Å². The fourth-order valence-corrected chi connectivity index (χ4v) is 2.72. The van der Waals surface area contributed by atoms with Gasteiger partial charge < -0.3 is 5.11 Å². The van der Waals surface area contributed by atoms with Gasteiger partial charge in [0.15, 0.2) is 11.6 Å². The summed E-state index contributed by atoms with van der Waals surface area (Å²) in [5, 5.41) is 8.78. The molecule has 22 heavy (non-hydrogen) atoms. The van der Waals surface area contributed by atoms with Crippen molar-refractivity contribution in [1.29, 1.82) is 0 Å². The van der Waals surface area contributed by atoms with Crippen molar-refractivity contribution in [3.8, 4) is 0 Å². The van der Waals surface area contributed by atoms with Crippen LogP contribution >= 0.6 is 0 Å². The van der Waals surface area contributed by atoms with Gasteiger partial charge in [0.25, 0.3) is 10.0 Å². The van der Waals surface area contributed by atoms with Crippen LogP contribution in [0.2, 0.25) is 0 Å². The van der Waals surface area contributed by atoms with Crippen LogP contribution in [0.4, 0.5) is 18.9 Å². The molecule has 2 N–H and O–H groups in total. The molecule has 2 aromatic rings. The van der Waals surface area contributed by atoms with Gasteiger partial charge in [-0.2, -0.15) is 0 Å². The predicted molar refractivity (Wildman–Crippen MR) is 70.5 cm³/mol. The first-order valence-corrected chi connectivity index (χ1v) is 7.19. The van der Waals surface area contributed by atoms with Crippen LogP contribution in [-0.2, 0) is 10.0 Å². The highest BCUT2D eigenvalue weighted by molar-refractivity contribution is 7.92. The van der Waals surface area contributed by atoms with Gasteiger partial charge in [-0.3, -0.25) is 4.72 Å². The number of benzene rings is 2. The molecule has 0 radical (unpaired) electrons. The van der Waals surface area contributed by atoms with Crippen LogP contribution in [0.15, 0.2) is 41.3 Å². The fraction of sp³-hybridized carbons (Fsp3) is 0. The standard InChI is InChI=1S/C13H8F3NO4S/c14-8-3-7(13(18)19)4-10(5-8)22(20,21)17-9-1-2-11(15)12(16)6-9/h1-6,17H,(H,18,19). The summed E-state index contributed by atoms with van der Waals surface area (Å²) in [4.78, 5) is 10.1. The Morgan fingerprint density at radius 2 is 1.68 bits per heavy atom. The third-order valence-corrected chi connectivity index (χ3v) is 3.96. The van der Waals surface area contributed by atoms with E-state index in [1.807, 2.05) is 4.72 Å². The molecule has 9 heteroatoms. The maximum absolute atomic E-state index is 13.3. The smallest absolute Gasteiger partial charge is 0.335 e. The zero-order valence-electron chi connectivity index (χ0n) is 10.7. The van der Waals surface area contributed by atoms with Crippen LogP contribution in [0.25, 0.3) is 0 Å². The molecule has 2 rings (SSSR count). The van der Waals surface area contributed by atoms with Crippen LogP contribution in [0.1, 0.15) is 10.4 Å². The molecule has 0 aliphatic carbocycles. The third kappa shape index (κ3) is 3.37. The van der Waals surface area contributed by atoms with Gasteiger partial charge in [-0.1, -0.05) is 0 Å². The summed E-state index contributed by atoms with van der Waals surface area (Å²) in [6.45, 7) is 0. The first-order valence-electron chi connectivity index (χ1n) is 5.71. The molecule has 0 fully saturated rings. The third-order valence-electron chi connectivity index (χ3n) is 2.60. The van der Waals surface area contributed by atoms with Crippen LogP contribution < -0.4 is 4.72 Å². The summed E-state index contributed by atoms with van der Waals surface area (Å²) in [6, 6.07) is 4.28. The van der Waals surface area contributed by atoms with E-state index in [1.165, 1.54) is 0 Å². The Hall–Kier alpha value is -2.55. The molecule has 0 saturated heterocycles. The number of halogens is 3. The number of carboxylic acid groups (broad SMARTS) is 1. The van der Waals surface area contributed by atoms with Gasteiger partial charge >= 0.3 is 5.97 Å². The van der Waals surface area contributed by atoms with E-state index < -0.39 is 43.9 Å². The molecule has 2 aromatic carbocycles. The lowest BCUT2D eigenvalue weighted by atomic mass is 10.2. The molecule has 0 atom stereocenters. The van der Waals surface area contributed by atoms with Crippen molar-refractivity contribution in [1.82, 2.24) is 0 Å². The number of carbonyl (C=O) groups is 1. The Morgan fingerprint density at radius 1 is 1.00 bits per heavy atom. The minimum absolute atomic E-state index is 0.292. The van der Waals surface area contributed by atoms with Gasteiger partial charge in [-0.15, -0.1) is 0 Å². The molecule has 116 valence electrons. The first-order chi connectivity index (χ1) is 10.2. The predicted octanol–water partition coefficient (Wildman–Crippen LogP) is 2.60. The highest BCUT2D eigenvalue weighted by atomic mass is 32.2. The second-order valence-electron chi connectivity index (χ2n) is 4.22. The molecule has 0 unspecified atom stereocenters. The number of rotatable bonds is 4. The lowest BCUT2D eigenvalue weighted by Crippen LogP contribution is -2.14. The van der Waals surface area contributed by atoms with Gasteiger partial charge in [0.05, 0.1) is 16.1 Å². The van der Waals surface area contributed by atoms with Crippen LogP contribution in [-0.4, -0.2) is 19.5 Å². The van der Waals surface area contributed by atoms with E-state index in [0.717, 1.165) is 12.1 Å². The quantitative estimate of drug-likeness (QED) is 0.902. The maximum atomic E-state index is 13.3. The molecule has 0 aromatic heterocycles. The van der Waals surface area contributed by atoms with Gasteiger partial charge in [0.2, 0.25) is 0 Å². The fourth-order valence-electron chi connectivity index (χ4n) is 1.62. The van der Waals surface area contributed by atoms with Crippen molar-refractivity contribution >= 4 is 21.7 Å². The summed E-state index contributed by atoms with van der Waals surface area (Å²) >= 11 is 0. The topological polar surface area (TPSA) is 83.5 Å². The highest BCUT2D eigenvalue weighted by Crippen LogP contribution is 2.20. The molecule has 0 spiro atoms. The van der Waals surface area contributed by atoms with Crippen molar-refractivity contribution in [3.63, 3.8) is 0 Å². The summed E-state index contributed by atoms with van der Waals surface area (Å²) in [7, 11) is -4.36. The summed E-state index contributed by atoms with van der Waals surface area (Å²) in [5.41, 5.74) is -0.856. The minimum Gasteiger partial charge on any atom is -0.478 e. The molecule has 0 aliphatic rings. The number of nitrogens with one attached hydrogen (secondary N) is 1. The van der Waals surface area contributed by atoms with E-state index in [1.54, 1.807) is 0 Å². The van der Waals surface area contributed by atoms with Gasteiger partial charge in [0.1, 0.15) is 5.82 Å². The van der Waals surface area contributed by atoms with E-state index in [2.05, 4.69) is 0 Å². The van der Waals surface area contributed by atoms with E-state index in [4.69, 9.17) is 5.11 Å². The van der Waals surface area contributed by atoms with Crippen LogP contribution in [0.3, 0.4) is 0 Å². The Balaban J connectivity index is 2.42. The van der Waals surface area contributed by atoms with E-state index in [9.17, 15) is 26.4 Å². The summed E-state index contributed by atoms with van der Waals surface area (Å²) < 4.78 is 65.1. The summed E-state index contributed by atoms with van der Waals surface area (Å²) in [5.74, 6) is -5.01. The lowest BCUT2D eigenvalue weighted by Gasteiger charge is -2.09. The van der Waals surface area contributed by atoms with E-state index in [-0.39, 0.29) is 5.69 Å². The lowest BCUT2D eigenvalue weighted by molar-refractivity contribution is 0.0696. The zero-order valence-corrected chi connectivity index (χ0v) is 11.5. The molecular formula is C13H8F3NO4S. The van der Waals surface area contributed by atoms with Crippen molar-refractivity contribution < 1.29 is 31.5 Å². The Bertz CT molecular complexity index is 852. The second-order valence-corrected chi connectivity index (χ2v) is 5.90. The average molecular weight is 331 g/mol. The van der Waals surface area contributed by atoms with E-state index >= 15 is 0 Å². The first kappa shape index (κ1) is 15.8. The van der Waals surface area contributed by atoms with Gasteiger partial charge in [-0.25, -0.2) is 26.4 Å². The van der Waals surface area contributed by atoms with Crippen molar-refractivity contribution in [2.24, 2.45) is 0 Å². The molecule has 0 saturated carbocycles. The van der Waals surface area contributed by atoms with Crippen molar-refractivity contribution in [2.45, 2.75) is 4.90 Å². The molecule has 0 amide bonds. The van der Waals surface area contributed by atoms with Gasteiger partial charge in [0, 0.05) is 6.07 Å². The molecule has 0 aliphatic heterocycles. The average Bonchev–Trinajstić information content (AvgIpc) is 2.42. The number of hydrogen-bond acceptors (Lipinski definition) is 3. The maximum Gasteiger partial charge on any atom is 0.335 e. The Kier molecular flexibility index (Phi) is 4.09. The van der Waals surface area contributed by atoms with Crippen LogP contribution in [0, 0.1) is 17.5 Å². The second kappa shape index (κ2) is 5.68. The number of sulfonamides is 1. The van der Waals surface area contributed by atoms with Crippen molar-refractivity contribution in [3.05, 3.63) is 59.4 Å². The molecule has 5 nitrogen and oxygen atoms in total. The molecule has 0 bridgehead atoms. The number of carboxylic acids is 1. The number of anilines is 1. The summed E-state index contributed by atoms with van der Waals surface area (Å²) in [6.07, 6.45) is 0. The number of aromatic carboxylic acids is 1. The van der Waals surface area contributed by atoms with Gasteiger partial charge in [-0.05, 0) is 30.3 Å². The zero-order chi connectivity index (χ0) is 16.5. The van der Waals surface area contributed by atoms with Crippen molar-refractivity contribution in [2.75, 3.05) is 4.72 Å².